The third-order valence-electron chi connectivity index (χ3n) is 11.3. The van der Waals surface area contributed by atoms with Gasteiger partial charge >= 0.3 is 0 Å². The van der Waals surface area contributed by atoms with Crippen LogP contribution in [0.25, 0.3) is 54.4 Å². The van der Waals surface area contributed by atoms with E-state index in [1.165, 1.54) is 93.0 Å². The maximum atomic E-state index is 6.92. The fourth-order valence-corrected chi connectivity index (χ4v) is 9.57. The zero-order valence-corrected chi connectivity index (χ0v) is 25.9. The Labute approximate surface area is 278 Å². The molecular weight excluding hydrogens is 580 g/mol. The van der Waals surface area contributed by atoms with Gasteiger partial charge in [0.2, 0.25) is 12.6 Å². The normalized spacial score (nSPS) is 13.7. The summed E-state index contributed by atoms with van der Waals surface area (Å²) in [5, 5.41) is 9.10. The van der Waals surface area contributed by atoms with Crippen molar-refractivity contribution in [3.8, 4) is 11.1 Å². The van der Waals surface area contributed by atoms with Gasteiger partial charge in [-0.15, -0.1) is 0 Å². The van der Waals surface area contributed by atoms with E-state index < -0.39 is 0 Å². The molecule has 1 aromatic heterocycles. The SMILES string of the molecule is c1ccc(B2c3cccc4c3N(c3cccc5c3B4c3ccc4c6ccccc6c6ccccc6c4c3-5)c3oc4ccccc4c32)cc1. The molecule has 0 radical (unpaired) electrons. The zero-order chi connectivity index (χ0) is 31.1. The Kier molecular flexibility index (Phi) is 4.65. The highest BCUT2D eigenvalue weighted by molar-refractivity contribution is 7.04. The fourth-order valence-electron chi connectivity index (χ4n) is 9.57. The van der Waals surface area contributed by atoms with E-state index >= 15 is 0 Å². The van der Waals surface area contributed by atoms with Crippen molar-refractivity contribution in [1.82, 2.24) is 0 Å². The smallest absolute Gasteiger partial charge is 0.251 e. The van der Waals surface area contributed by atoms with Crippen LogP contribution in [-0.4, -0.2) is 13.4 Å². The van der Waals surface area contributed by atoms with Crippen LogP contribution in [0.5, 0.6) is 0 Å². The van der Waals surface area contributed by atoms with Crippen molar-refractivity contribution in [3.05, 3.63) is 152 Å². The van der Waals surface area contributed by atoms with Gasteiger partial charge in [-0.2, -0.15) is 0 Å². The molecule has 0 amide bonds. The van der Waals surface area contributed by atoms with Crippen LogP contribution in [0.3, 0.4) is 0 Å². The molecule has 0 fully saturated rings. The van der Waals surface area contributed by atoms with Gasteiger partial charge in [-0.3, -0.25) is 4.90 Å². The van der Waals surface area contributed by atoms with Gasteiger partial charge in [0.05, 0.1) is 0 Å². The lowest BCUT2D eigenvalue weighted by atomic mass is 9.31. The van der Waals surface area contributed by atoms with E-state index in [1.807, 2.05) is 0 Å². The minimum atomic E-state index is 0.0635. The van der Waals surface area contributed by atoms with E-state index in [0.29, 0.717) is 0 Å². The maximum absolute atomic E-state index is 6.92. The van der Waals surface area contributed by atoms with Crippen LogP contribution in [0.4, 0.5) is 17.3 Å². The van der Waals surface area contributed by atoms with Crippen molar-refractivity contribution < 1.29 is 4.42 Å². The second-order valence-electron chi connectivity index (χ2n) is 13.5. The quantitative estimate of drug-likeness (QED) is 0.148. The molecule has 0 atom stereocenters. The molecule has 0 bridgehead atoms. The number of furan rings is 1. The lowest BCUT2D eigenvalue weighted by molar-refractivity contribution is 0.623. The molecule has 0 aliphatic carbocycles. The van der Waals surface area contributed by atoms with Gasteiger partial charge in [0.25, 0.3) is 6.71 Å². The van der Waals surface area contributed by atoms with E-state index in [0.717, 1.165) is 11.5 Å². The topological polar surface area (TPSA) is 16.4 Å². The number of rotatable bonds is 1. The largest absolute Gasteiger partial charge is 0.440 e. The van der Waals surface area contributed by atoms with Crippen molar-refractivity contribution >= 4 is 107 Å². The van der Waals surface area contributed by atoms with Crippen molar-refractivity contribution in [1.29, 1.82) is 0 Å². The van der Waals surface area contributed by atoms with Gasteiger partial charge in [-0.05, 0) is 72.0 Å². The highest BCUT2D eigenvalue weighted by Gasteiger charge is 2.49. The molecular formula is C44H25B2NO. The summed E-state index contributed by atoms with van der Waals surface area (Å²) in [6.07, 6.45) is 0. The Bertz CT molecular complexity index is 2840. The average molecular weight is 605 g/mol. The summed E-state index contributed by atoms with van der Waals surface area (Å²) < 4.78 is 6.92. The summed E-state index contributed by atoms with van der Waals surface area (Å²) in [7, 11) is 0. The third-order valence-corrected chi connectivity index (χ3v) is 11.3. The Morgan fingerprint density at radius 3 is 1.85 bits per heavy atom. The first-order valence-electron chi connectivity index (χ1n) is 16.9. The molecule has 0 N–H and O–H groups in total. The first kappa shape index (κ1) is 25.1. The number of nitrogens with zero attached hydrogens (tertiary/aromatic N) is 1. The molecule has 0 saturated heterocycles. The van der Waals surface area contributed by atoms with Gasteiger partial charge in [-0.25, -0.2) is 0 Å². The molecule has 3 aliphatic heterocycles. The Balaban J connectivity index is 1.24. The molecule has 3 aliphatic rings. The summed E-state index contributed by atoms with van der Waals surface area (Å²) >= 11 is 0. The van der Waals surface area contributed by atoms with E-state index in [-0.39, 0.29) is 13.4 Å². The van der Waals surface area contributed by atoms with Crippen LogP contribution >= 0.6 is 0 Å². The van der Waals surface area contributed by atoms with Crippen molar-refractivity contribution in [2.24, 2.45) is 0 Å². The lowest BCUT2D eigenvalue weighted by Gasteiger charge is -2.40. The molecule has 0 saturated carbocycles. The Hall–Kier alpha value is -5.99. The molecule has 2 nitrogen and oxygen atoms in total. The number of para-hydroxylation sites is 2. The van der Waals surface area contributed by atoms with Crippen LogP contribution < -0.4 is 37.7 Å². The Morgan fingerprint density at radius 2 is 1.06 bits per heavy atom. The number of benzene rings is 8. The summed E-state index contributed by atoms with van der Waals surface area (Å²) in [4.78, 5) is 2.45. The molecule has 0 unspecified atom stereocenters. The van der Waals surface area contributed by atoms with Gasteiger partial charge in [0, 0.05) is 22.2 Å². The van der Waals surface area contributed by atoms with Gasteiger partial charge in [0.1, 0.15) is 5.58 Å². The maximum Gasteiger partial charge on any atom is 0.251 e. The Morgan fingerprint density at radius 1 is 0.438 bits per heavy atom. The van der Waals surface area contributed by atoms with E-state index in [9.17, 15) is 0 Å². The van der Waals surface area contributed by atoms with Crippen molar-refractivity contribution in [3.63, 3.8) is 0 Å². The van der Waals surface area contributed by atoms with Gasteiger partial charge in [-0.1, -0.05) is 150 Å². The highest BCUT2D eigenvalue weighted by Crippen LogP contribution is 2.46. The monoisotopic (exact) mass is 605 g/mol. The molecule has 4 heteroatoms. The van der Waals surface area contributed by atoms with E-state index in [2.05, 4.69) is 157 Å². The first-order valence-corrected chi connectivity index (χ1v) is 16.9. The predicted molar refractivity (Wildman–Crippen MR) is 205 cm³/mol. The number of hydrogen-bond donors (Lipinski definition) is 0. The highest BCUT2D eigenvalue weighted by atomic mass is 16.4. The van der Waals surface area contributed by atoms with Gasteiger partial charge < -0.3 is 4.42 Å². The van der Waals surface area contributed by atoms with Crippen LogP contribution in [0.1, 0.15) is 0 Å². The molecule has 0 spiro atoms. The van der Waals surface area contributed by atoms with Crippen LogP contribution in [0, 0.1) is 0 Å². The molecule has 8 aromatic carbocycles. The molecule has 218 valence electrons. The minimum absolute atomic E-state index is 0.0635. The predicted octanol–water partition coefficient (Wildman–Crippen LogP) is 7.00. The lowest BCUT2D eigenvalue weighted by Crippen LogP contribution is -2.63. The van der Waals surface area contributed by atoms with E-state index in [1.54, 1.807) is 0 Å². The zero-order valence-electron chi connectivity index (χ0n) is 25.9. The summed E-state index contributed by atoms with van der Waals surface area (Å²) in [5.41, 5.74) is 14.1. The summed E-state index contributed by atoms with van der Waals surface area (Å²) in [5.74, 6) is 0.939. The minimum Gasteiger partial charge on any atom is -0.440 e. The second-order valence-corrected chi connectivity index (χ2v) is 13.5. The number of anilines is 3. The van der Waals surface area contributed by atoms with Crippen LogP contribution in [0.2, 0.25) is 0 Å². The van der Waals surface area contributed by atoms with E-state index in [4.69, 9.17) is 4.42 Å². The fraction of sp³-hybridized carbons (Fsp3) is 0. The van der Waals surface area contributed by atoms with Crippen molar-refractivity contribution in [2.45, 2.75) is 0 Å². The number of hydrogen-bond acceptors (Lipinski definition) is 2. The first-order chi connectivity index (χ1) is 23.9. The molecule has 4 heterocycles. The second kappa shape index (κ2) is 8.87. The third kappa shape index (κ3) is 2.94. The molecule has 12 rings (SSSR count). The molecule has 9 aromatic rings. The molecule has 48 heavy (non-hydrogen) atoms. The average Bonchev–Trinajstić information content (AvgIpc) is 3.70. The van der Waals surface area contributed by atoms with Crippen molar-refractivity contribution in [2.75, 3.05) is 4.90 Å². The number of fused-ring (bicyclic) bond motifs is 16. The summed E-state index contributed by atoms with van der Waals surface area (Å²) in [6.45, 7) is 0.197. The van der Waals surface area contributed by atoms with Gasteiger partial charge in [0.15, 0.2) is 0 Å². The van der Waals surface area contributed by atoms with Crippen LogP contribution in [-0.2, 0) is 0 Å². The summed E-state index contributed by atoms with van der Waals surface area (Å²) in [6, 6.07) is 56.1. The standard InChI is InChI=1S/C44H25B2NO/c1-2-12-26(13-3-1)45-35-20-11-21-36-43(35)47(44-42(45)32-18-8-9-23-38(32)48-44)37-22-10-19-33-40-34(46(36)41(33)37)25-24-31-29-16-5-4-14-27(29)28-15-6-7-17-30(28)39(31)40/h1-25H. The van der Waals surface area contributed by atoms with Crippen LogP contribution in [0.15, 0.2) is 156 Å².